The van der Waals surface area contributed by atoms with Gasteiger partial charge in [0.15, 0.2) is 0 Å². The lowest BCUT2D eigenvalue weighted by atomic mass is 9.95. The number of amides is 4. The normalized spacial score (nSPS) is 17.3. The van der Waals surface area contributed by atoms with E-state index < -0.39 is 11.9 Å². The summed E-state index contributed by atoms with van der Waals surface area (Å²) in [4.78, 5) is 52.8. The number of nitrogens with zero attached hydrogens (tertiary/aromatic N) is 5. The summed E-state index contributed by atoms with van der Waals surface area (Å²) in [5, 5.41) is 8.80. The van der Waals surface area contributed by atoms with Crippen LogP contribution >= 0.6 is 0 Å². The Balaban J connectivity index is 1.16. The Hall–Kier alpha value is -5.29. The molecular weight excluding hydrogens is 548 g/mol. The van der Waals surface area contributed by atoms with E-state index in [-0.39, 0.29) is 23.4 Å². The summed E-state index contributed by atoms with van der Waals surface area (Å²) in [6, 6.07) is 24.7. The number of imide groups is 1. The summed E-state index contributed by atoms with van der Waals surface area (Å²) in [5.74, 6) is 1.00. The van der Waals surface area contributed by atoms with Crippen LogP contribution in [0.1, 0.15) is 34.8 Å². The highest BCUT2D eigenvalue weighted by molar-refractivity contribution is 6.21. The second kappa shape index (κ2) is 12.3. The molecule has 1 unspecified atom stereocenters. The maximum atomic E-state index is 13.9. The summed E-state index contributed by atoms with van der Waals surface area (Å²) < 4.78 is 5.88. The van der Waals surface area contributed by atoms with Gasteiger partial charge in [-0.05, 0) is 60.7 Å². The maximum absolute atomic E-state index is 13.9. The summed E-state index contributed by atoms with van der Waals surface area (Å²) in [6.45, 7) is 1.75. The minimum atomic E-state index is -0.722. The van der Waals surface area contributed by atoms with Crippen LogP contribution < -0.4 is 20.0 Å². The number of nitrogens with one attached hydrogen (secondary N) is 1. The minimum Gasteiger partial charge on any atom is -0.457 e. The Morgan fingerprint density at radius 1 is 0.860 bits per heavy atom. The molecular formula is C32H30N6O5. The summed E-state index contributed by atoms with van der Waals surface area (Å²) >= 11 is 0. The Labute approximate surface area is 248 Å². The predicted molar refractivity (Wildman–Crippen MR) is 158 cm³/mol. The van der Waals surface area contributed by atoms with Gasteiger partial charge in [-0.3, -0.25) is 14.8 Å². The van der Waals surface area contributed by atoms with E-state index in [0.29, 0.717) is 42.8 Å². The van der Waals surface area contributed by atoms with E-state index >= 15 is 0 Å². The summed E-state index contributed by atoms with van der Waals surface area (Å²) in [6.07, 6.45) is 4.28. The van der Waals surface area contributed by atoms with E-state index in [1.54, 1.807) is 34.6 Å². The molecule has 0 radical (unpaired) electrons. The van der Waals surface area contributed by atoms with Crippen molar-refractivity contribution >= 4 is 29.5 Å². The molecule has 3 heterocycles. The highest BCUT2D eigenvalue weighted by atomic mass is 16.5. The molecule has 2 N–H and O–H groups in total. The second-order valence-corrected chi connectivity index (χ2v) is 10.5. The van der Waals surface area contributed by atoms with Crippen molar-refractivity contribution in [3.63, 3.8) is 0 Å². The number of para-hydroxylation sites is 1. The van der Waals surface area contributed by atoms with E-state index in [1.165, 1.54) is 17.3 Å². The Bertz CT molecular complexity index is 1580. The largest absolute Gasteiger partial charge is 0.457 e. The second-order valence-electron chi connectivity index (χ2n) is 10.5. The number of aromatic nitrogens is 2. The fraction of sp³-hybridized carbons (Fsp3) is 0.219. The van der Waals surface area contributed by atoms with Gasteiger partial charge in [0.1, 0.15) is 17.5 Å². The van der Waals surface area contributed by atoms with Crippen molar-refractivity contribution in [3.8, 4) is 11.5 Å². The molecule has 1 aromatic heterocycles. The van der Waals surface area contributed by atoms with Gasteiger partial charge in [0, 0.05) is 32.0 Å². The fourth-order valence-electron chi connectivity index (χ4n) is 5.52. The molecule has 0 spiro atoms. The Morgan fingerprint density at radius 3 is 2.09 bits per heavy atom. The Kier molecular flexibility index (Phi) is 7.96. The number of carbonyl (C=O) groups is 3. The molecule has 0 saturated carbocycles. The van der Waals surface area contributed by atoms with Gasteiger partial charge in [0.05, 0.1) is 11.3 Å². The molecule has 2 fully saturated rings. The first-order valence-electron chi connectivity index (χ1n) is 14.1. The van der Waals surface area contributed by atoms with Crippen LogP contribution in [0.2, 0.25) is 0 Å². The van der Waals surface area contributed by atoms with Gasteiger partial charge >= 0.3 is 6.03 Å². The smallest absolute Gasteiger partial charge is 0.332 e. The topological polar surface area (TPSA) is 128 Å². The lowest BCUT2D eigenvalue weighted by Crippen LogP contribution is -2.41. The van der Waals surface area contributed by atoms with Crippen molar-refractivity contribution < 1.29 is 24.3 Å². The van der Waals surface area contributed by atoms with Crippen LogP contribution in [0.5, 0.6) is 11.5 Å². The average Bonchev–Trinajstić information content (AvgIpc) is 3.30. The van der Waals surface area contributed by atoms with E-state index in [0.717, 1.165) is 18.4 Å². The molecule has 218 valence electrons. The first-order chi connectivity index (χ1) is 21.0. The van der Waals surface area contributed by atoms with Gasteiger partial charge in [-0.25, -0.2) is 25.1 Å². The molecule has 43 heavy (non-hydrogen) atoms. The highest BCUT2D eigenvalue weighted by Crippen LogP contribution is 2.37. The zero-order valence-corrected chi connectivity index (χ0v) is 23.2. The average molecular weight is 579 g/mol. The number of benzene rings is 3. The third-order valence-corrected chi connectivity index (χ3v) is 7.75. The van der Waals surface area contributed by atoms with E-state index in [1.807, 2.05) is 65.6 Å². The lowest BCUT2D eigenvalue weighted by Gasteiger charge is -2.34. The molecule has 2 aliphatic heterocycles. The van der Waals surface area contributed by atoms with Crippen molar-refractivity contribution in [2.24, 2.45) is 5.92 Å². The number of urea groups is 1. The number of hydroxylamine groups is 1. The number of hydrogen-bond acceptors (Lipinski definition) is 8. The third kappa shape index (κ3) is 5.88. The van der Waals surface area contributed by atoms with Crippen molar-refractivity contribution in [1.29, 1.82) is 0 Å². The number of piperidine rings is 1. The molecule has 6 rings (SSSR count). The van der Waals surface area contributed by atoms with Crippen molar-refractivity contribution in [3.05, 3.63) is 108 Å². The molecule has 2 saturated heterocycles. The van der Waals surface area contributed by atoms with E-state index in [4.69, 9.17) is 9.94 Å². The maximum Gasteiger partial charge on any atom is 0.332 e. The van der Waals surface area contributed by atoms with Crippen LogP contribution in [0.15, 0.2) is 97.3 Å². The molecule has 3 aromatic carbocycles. The molecule has 11 heteroatoms. The van der Waals surface area contributed by atoms with E-state index in [9.17, 15) is 14.4 Å². The van der Waals surface area contributed by atoms with Crippen LogP contribution in [0, 0.1) is 5.92 Å². The number of ether oxygens (including phenoxy) is 1. The first kappa shape index (κ1) is 27.9. The standard InChI is InChI=1S/C32H30N6O5/c39-29(35-42)24-19-33-31(34-20-24)36-17-15-22(16-18-36)21-37-28(23-7-3-1-4-8-23)30(40)38(32(37)41)25-11-13-27(14-12-25)43-26-9-5-2-6-10-26/h1-14,19-20,22,28,42H,15-18,21H2,(H,35,39). The van der Waals surface area contributed by atoms with E-state index in [2.05, 4.69) is 9.97 Å². The van der Waals surface area contributed by atoms with Gasteiger partial charge in [0.25, 0.3) is 11.8 Å². The zero-order valence-electron chi connectivity index (χ0n) is 23.2. The van der Waals surface area contributed by atoms with Crippen molar-refractivity contribution in [2.75, 3.05) is 29.4 Å². The monoisotopic (exact) mass is 578 g/mol. The quantitative estimate of drug-likeness (QED) is 0.173. The van der Waals surface area contributed by atoms with Gasteiger partial charge < -0.3 is 14.5 Å². The number of hydrogen-bond donors (Lipinski definition) is 2. The van der Waals surface area contributed by atoms with Crippen LogP contribution in [0.4, 0.5) is 16.4 Å². The molecule has 4 amide bonds. The van der Waals surface area contributed by atoms with Crippen LogP contribution in [0.25, 0.3) is 0 Å². The minimum absolute atomic E-state index is 0.160. The van der Waals surface area contributed by atoms with Crippen LogP contribution in [-0.2, 0) is 4.79 Å². The fourth-order valence-corrected chi connectivity index (χ4v) is 5.52. The SMILES string of the molecule is O=C(NO)c1cnc(N2CCC(CN3C(=O)N(c4ccc(Oc5ccccc5)cc4)C(=O)C3c3ccccc3)CC2)nc1. The number of carbonyl (C=O) groups excluding carboxylic acids is 3. The number of anilines is 2. The highest BCUT2D eigenvalue weighted by Gasteiger charge is 2.47. The zero-order chi connectivity index (χ0) is 29.8. The molecule has 1 atom stereocenters. The van der Waals surface area contributed by atoms with Gasteiger partial charge in [0.2, 0.25) is 5.95 Å². The van der Waals surface area contributed by atoms with Crippen LogP contribution in [0.3, 0.4) is 0 Å². The van der Waals surface area contributed by atoms with Crippen LogP contribution in [-0.4, -0.2) is 57.6 Å². The lowest BCUT2D eigenvalue weighted by molar-refractivity contribution is -0.120. The molecule has 0 aliphatic carbocycles. The first-order valence-corrected chi connectivity index (χ1v) is 14.1. The number of rotatable bonds is 8. The molecule has 4 aromatic rings. The van der Waals surface area contributed by atoms with Gasteiger partial charge in [-0.2, -0.15) is 0 Å². The van der Waals surface area contributed by atoms with Crippen molar-refractivity contribution in [2.45, 2.75) is 18.9 Å². The summed E-state index contributed by atoms with van der Waals surface area (Å²) in [5.41, 5.74) is 2.99. The third-order valence-electron chi connectivity index (χ3n) is 7.75. The van der Waals surface area contributed by atoms with Gasteiger partial charge in [-0.1, -0.05) is 48.5 Å². The predicted octanol–water partition coefficient (Wildman–Crippen LogP) is 4.81. The Morgan fingerprint density at radius 2 is 1.47 bits per heavy atom. The molecule has 0 bridgehead atoms. The summed E-state index contributed by atoms with van der Waals surface area (Å²) in [7, 11) is 0. The molecule has 11 nitrogen and oxygen atoms in total. The van der Waals surface area contributed by atoms with Gasteiger partial charge in [-0.15, -0.1) is 0 Å². The van der Waals surface area contributed by atoms with Crippen molar-refractivity contribution in [1.82, 2.24) is 20.3 Å². The molecule has 2 aliphatic rings.